The summed E-state index contributed by atoms with van der Waals surface area (Å²) in [5.41, 5.74) is 2.26. The molecule has 2 atom stereocenters. The third-order valence-corrected chi connectivity index (χ3v) is 6.11. The Morgan fingerprint density at radius 1 is 1.16 bits per heavy atom. The molecule has 2 unspecified atom stereocenters. The van der Waals surface area contributed by atoms with Gasteiger partial charge in [-0.1, -0.05) is 6.92 Å². The smallest absolute Gasteiger partial charge is 0.127 e. The lowest BCUT2D eigenvalue weighted by molar-refractivity contribution is 0.0724. The Morgan fingerprint density at radius 3 is 2.44 bits per heavy atom. The van der Waals surface area contributed by atoms with Gasteiger partial charge in [0.2, 0.25) is 0 Å². The van der Waals surface area contributed by atoms with E-state index in [0.29, 0.717) is 6.61 Å². The van der Waals surface area contributed by atoms with Crippen LogP contribution in [0.2, 0.25) is 0 Å². The molecule has 0 spiro atoms. The van der Waals surface area contributed by atoms with Crippen molar-refractivity contribution in [1.82, 2.24) is 5.32 Å². The van der Waals surface area contributed by atoms with Gasteiger partial charge in [0.05, 0.1) is 13.7 Å². The molecule has 0 aliphatic heterocycles. The summed E-state index contributed by atoms with van der Waals surface area (Å²) in [7, 11) is 3.33. The number of benzene rings is 1. The number of rotatable bonds is 6. The van der Waals surface area contributed by atoms with Crippen molar-refractivity contribution >= 4 is 0 Å². The summed E-state index contributed by atoms with van der Waals surface area (Å²) in [5.74, 6) is 3.56. The van der Waals surface area contributed by atoms with E-state index >= 15 is 0 Å². The number of aromatic hydroxyl groups is 1. The molecule has 4 nitrogen and oxygen atoms in total. The second-order valence-corrected chi connectivity index (χ2v) is 8.59. The number of fused-ring (bicyclic) bond motifs is 2. The van der Waals surface area contributed by atoms with Gasteiger partial charge in [-0.3, -0.25) is 0 Å². The second kappa shape index (κ2) is 7.55. The fraction of sp³-hybridized carbons (Fsp3) is 0.714. The van der Waals surface area contributed by atoms with Gasteiger partial charge < -0.3 is 19.9 Å². The summed E-state index contributed by atoms with van der Waals surface area (Å²) in [5, 5.41) is 13.8. The fourth-order valence-corrected chi connectivity index (χ4v) is 5.39. The van der Waals surface area contributed by atoms with Crippen LogP contribution in [-0.4, -0.2) is 24.9 Å². The highest BCUT2D eigenvalue weighted by Gasteiger charge is 2.40. The predicted octanol–water partition coefficient (Wildman–Crippen LogP) is 4.24. The summed E-state index contributed by atoms with van der Waals surface area (Å²) < 4.78 is 10.8. The average Bonchev–Trinajstić information content (AvgIpc) is 2.52. The summed E-state index contributed by atoms with van der Waals surface area (Å²) in [6.07, 6.45) is 6.69. The maximum absolute atomic E-state index is 9.92. The molecule has 2 aliphatic carbocycles. The zero-order chi connectivity index (χ0) is 18.0. The first kappa shape index (κ1) is 18.5. The van der Waals surface area contributed by atoms with E-state index in [0.717, 1.165) is 41.2 Å². The fourth-order valence-electron chi connectivity index (χ4n) is 5.39. The van der Waals surface area contributed by atoms with Crippen LogP contribution in [0.5, 0.6) is 11.5 Å². The molecule has 2 bridgehead atoms. The highest BCUT2D eigenvalue weighted by molar-refractivity contribution is 5.46. The molecular formula is C21H33NO3. The second-order valence-electron chi connectivity index (χ2n) is 8.59. The Morgan fingerprint density at radius 2 is 1.84 bits per heavy atom. The standard InChI is InChI=1S/C21H33NO3/c1-14-5-15-7-16(6-14)11-21(2,10-15)22-12-19-17(13-24-3)8-18(23)9-20(19)25-4/h8-9,14-16,22-23H,5-7,10-13H2,1-4H3. The summed E-state index contributed by atoms with van der Waals surface area (Å²) in [6.45, 7) is 6.01. The van der Waals surface area contributed by atoms with Crippen LogP contribution in [0.15, 0.2) is 12.1 Å². The zero-order valence-corrected chi connectivity index (χ0v) is 16.1. The van der Waals surface area contributed by atoms with Crippen molar-refractivity contribution < 1.29 is 14.6 Å². The lowest BCUT2D eigenvalue weighted by atomic mass is 9.62. The van der Waals surface area contributed by atoms with Crippen molar-refractivity contribution in [2.75, 3.05) is 14.2 Å². The first-order chi connectivity index (χ1) is 11.9. The van der Waals surface area contributed by atoms with Crippen molar-refractivity contribution in [2.45, 2.75) is 64.6 Å². The van der Waals surface area contributed by atoms with Crippen LogP contribution >= 0.6 is 0 Å². The molecule has 2 saturated carbocycles. The first-order valence-corrected chi connectivity index (χ1v) is 9.55. The summed E-state index contributed by atoms with van der Waals surface area (Å²) in [4.78, 5) is 0. The van der Waals surface area contributed by atoms with E-state index in [1.807, 2.05) is 0 Å². The van der Waals surface area contributed by atoms with Crippen molar-refractivity contribution in [3.8, 4) is 11.5 Å². The number of hydrogen-bond acceptors (Lipinski definition) is 4. The van der Waals surface area contributed by atoms with E-state index < -0.39 is 0 Å². The van der Waals surface area contributed by atoms with Crippen LogP contribution < -0.4 is 10.1 Å². The molecule has 1 aromatic rings. The molecule has 4 heteroatoms. The molecule has 0 aromatic heterocycles. The minimum Gasteiger partial charge on any atom is -0.508 e. The quantitative estimate of drug-likeness (QED) is 0.808. The normalized spacial score (nSPS) is 31.8. The number of methoxy groups -OCH3 is 2. The van der Waals surface area contributed by atoms with Gasteiger partial charge in [-0.2, -0.15) is 0 Å². The molecule has 0 saturated heterocycles. The molecule has 140 valence electrons. The van der Waals surface area contributed by atoms with E-state index in [-0.39, 0.29) is 11.3 Å². The van der Waals surface area contributed by atoms with Gasteiger partial charge in [-0.05, 0) is 68.4 Å². The molecule has 2 N–H and O–H groups in total. The molecule has 1 aromatic carbocycles. The molecule has 0 amide bonds. The minimum absolute atomic E-state index is 0.182. The van der Waals surface area contributed by atoms with Crippen LogP contribution in [0, 0.1) is 17.8 Å². The van der Waals surface area contributed by atoms with Gasteiger partial charge in [-0.15, -0.1) is 0 Å². The lowest BCUT2D eigenvalue weighted by Crippen LogP contribution is -2.50. The largest absolute Gasteiger partial charge is 0.508 e. The van der Waals surface area contributed by atoms with Crippen LogP contribution in [-0.2, 0) is 17.9 Å². The van der Waals surface area contributed by atoms with Gasteiger partial charge in [-0.25, -0.2) is 0 Å². The van der Waals surface area contributed by atoms with Crippen LogP contribution in [0.1, 0.15) is 57.1 Å². The molecule has 2 aliphatic rings. The maximum Gasteiger partial charge on any atom is 0.127 e. The topological polar surface area (TPSA) is 50.7 Å². The highest BCUT2D eigenvalue weighted by Crippen LogP contribution is 2.46. The van der Waals surface area contributed by atoms with Gasteiger partial charge >= 0.3 is 0 Å². The summed E-state index contributed by atoms with van der Waals surface area (Å²) in [6, 6.07) is 3.47. The third kappa shape index (κ3) is 4.29. The van der Waals surface area contributed by atoms with Gasteiger partial charge in [0, 0.05) is 30.8 Å². The number of phenols is 1. The van der Waals surface area contributed by atoms with E-state index in [9.17, 15) is 5.11 Å². The number of ether oxygens (including phenoxy) is 2. The molecular weight excluding hydrogens is 314 g/mol. The van der Waals surface area contributed by atoms with Crippen molar-refractivity contribution in [3.63, 3.8) is 0 Å². The predicted molar refractivity (Wildman–Crippen MR) is 99.8 cm³/mol. The van der Waals surface area contributed by atoms with Gasteiger partial charge in [0.25, 0.3) is 0 Å². The van der Waals surface area contributed by atoms with E-state index in [1.165, 1.54) is 32.1 Å². The summed E-state index contributed by atoms with van der Waals surface area (Å²) >= 11 is 0. The SMILES string of the molecule is COCc1cc(O)cc(OC)c1CNC1(C)CC2CC(C)CC(C2)C1. The maximum atomic E-state index is 9.92. The Labute approximate surface area is 151 Å². The Hall–Kier alpha value is -1.26. The minimum atomic E-state index is 0.182. The first-order valence-electron chi connectivity index (χ1n) is 9.55. The van der Waals surface area contributed by atoms with Crippen LogP contribution in [0.3, 0.4) is 0 Å². The van der Waals surface area contributed by atoms with Gasteiger partial charge in [0.1, 0.15) is 11.5 Å². The van der Waals surface area contributed by atoms with Crippen molar-refractivity contribution in [2.24, 2.45) is 17.8 Å². The molecule has 0 radical (unpaired) electrons. The van der Waals surface area contributed by atoms with Crippen molar-refractivity contribution in [1.29, 1.82) is 0 Å². The Kier molecular flexibility index (Phi) is 5.59. The van der Waals surface area contributed by atoms with E-state index in [4.69, 9.17) is 9.47 Å². The number of nitrogens with one attached hydrogen (secondary N) is 1. The zero-order valence-electron chi connectivity index (χ0n) is 16.1. The van der Waals surface area contributed by atoms with Crippen LogP contribution in [0.4, 0.5) is 0 Å². The molecule has 2 fully saturated rings. The average molecular weight is 347 g/mol. The third-order valence-electron chi connectivity index (χ3n) is 6.11. The van der Waals surface area contributed by atoms with E-state index in [1.54, 1.807) is 26.4 Å². The van der Waals surface area contributed by atoms with E-state index in [2.05, 4.69) is 19.2 Å². The molecule has 0 heterocycles. The van der Waals surface area contributed by atoms with Crippen LogP contribution in [0.25, 0.3) is 0 Å². The lowest BCUT2D eigenvalue weighted by Gasteiger charge is -2.48. The Balaban J connectivity index is 1.74. The van der Waals surface area contributed by atoms with Crippen molar-refractivity contribution in [3.05, 3.63) is 23.3 Å². The Bertz CT molecular complexity index is 583. The monoisotopic (exact) mass is 347 g/mol. The number of hydrogen-bond donors (Lipinski definition) is 2. The molecule has 3 rings (SSSR count). The molecule has 25 heavy (non-hydrogen) atoms. The number of phenolic OH excluding ortho intramolecular Hbond substituents is 1. The highest BCUT2D eigenvalue weighted by atomic mass is 16.5. The van der Waals surface area contributed by atoms with Gasteiger partial charge in [0.15, 0.2) is 0 Å².